The van der Waals surface area contributed by atoms with Crippen LogP contribution in [0.5, 0.6) is 0 Å². The zero-order chi connectivity index (χ0) is 16.1. The second-order valence-corrected chi connectivity index (χ2v) is 6.17. The molecule has 6 nitrogen and oxygen atoms in total. The molecule has 0 aromatic rings. The standard InChI is InChI=1S/C16H24N2O4/c1-17(15(20)12-5-3-2-4-6-12)11-14(19)18-9-7-13(8-10-18)16(21)22/h2-3,12-13H,4-11H2,1H3,(H,21,22). The summed E-state index contributed by atoms with van der Waals surface area (Å²) in [5, 5.41) is 8.96. The van der Waals surface area contributed by atoms with Crippen molar-refractivity contribution in [2.24, 2.45) is 11.8 Å². The molecule has 0 saturated carbocycles. The van der Waals surface area contributed by atoms with Gasteiger partial charge in [-0.05, 0) is 32.1 Å². The summed E-state index contributed by atoms with van der Waals surface area (Å²) in [7, 11) is 1.67. The van der Waals surface area contributed by atoms with Crippen LogP contribution < -0.4 is 0 Å². The Labute approximate surface area is 130 Å². The third kappa shape index (κ3) is 4.08. The summed E-state index contributed by atoms with van der Waals surface area (Å²) >= 11 is 0. The number of likely N-dealkylation sites (tertiary alicyclic amines) is 1. The Kier molecular flexibility index (Phi) is 5.57. The van der Waals surface area contributed by atoms with Crippen LogP contribution in [-0.2, 0) is 14.4 Å². The summed E-state index contributed by atoms with van der Waals surface area (Å²) in [6.45, 7) is 1.00. The molecule has 122 valence electrons. The van der Waals surface area contributed by atoms with Gasteiger partial charge in [0.2, 0.25) is 11.8 Å². The molecule has 22 heavy (non-hydrogen) atoms. The van der Waals surface area contributed by atoms with Crippen molar-refractivity contribution in [2.75, 3.05) is 26.7 Å². The fourth-order valence-corrected chi connectivity index (χ4v) is 3.09. The van der Waals surface area contributed by atoms with Crippen LogP contribution in [0.4, 0.5) is 0 Å². The van der Waals surface area contributed by atoms with E-state index in [9.17, 15) is 14.4 Å². The van der Waals surface area contributed by atoms with Crippen LogP contribution in [0.2, 0.25) is 0 Å². The van der Waals surface area contributed by atoms with Gasteiger partial charge in [-0.3, -0.25) is 14.4 Å². The highest BCUT2D eigenvalue weighted by Crippen LogP contribution is 2.21. The van der Waals surface area contributed by atoms with Crippen LogP contribution in [0.3, 0.4) is 0 Å². The van der Waals surface area contributed by atoms with E-state index in [2.05, 4.69) is 6.08 Å². The number of allylic oxidation sites excluding steroid dienone is 2. The number of aliphatic carboxylic acids is 1. The predicted octanol–water partition coefficient (Wildman–Crippen LogP) is 1.12. The van der Waals surface area contributed by atoms with Gasteiger partial charge < -0.3 is 14.9 Å². The largest absolute Gasteiger partial charge is 0.481 e. The number of carboxylic acids is 1. The first kappa shape index (κ1) is 16.5. The maximum Gasteiger partial charge on any atom is 0.306 e. The molecule has 2 amide bonds. The second-order valence-electron chi connectivity index (χ2n) is 6.17. The monoisotopic (exact) mass is 308 g/mol. The van der Waals surface area contributed by atoms with E-state index in [1.807, 2.05) is 6.08 Å². The molecule has 0 bridgehead atoms. The van der Waals surface area contributed by atoms with E-state index in [1.54, 1.807) is 11.9 Å². The van der Waals surface area contributed by atoms with Gasteiger partial charge in [0.1, 0.15) is 0 Å². The summed E-state index contributed by atoms with van der Waals surface area (Å²) in [5.74, 6) is -1.22. The molecule has 1 heterocycles. The van der Waals surface area contributed by atoms with Crippen LogP contribution in [-0.4, -0.2) is 59.4 Å². The van der Waals surface area contributed by atoms with Gasteiger partial charge in [0, 0.05) is 26.1 Å². The highest BCUT2D eigenvalue weighted by Gasteiger charge is 2.29. The lowest BCUT2D eigenvalue weighted by Gasteiger charge is -2.32. The first-order valence-corrected chi connectivity index (χ1v) is 7.89. The fourth-order valence-electron chi connectivity index (χ4n) is 3.09. The number of nitrogens with zero attached hydrogens (tertiary/aromatic N) is 2. The van der Waals surface area contributed by atoms with Gasteiger partial charge in [0.05, 0.1) is 12.5 Å². The topological polar surface area (TPSA) is 77.9 Å². The average molecular weight is 308 g/mol. The minimum atomic E-state index is -0.787. The van der Waals surface area contributed by atoms with E-state index in [1.165, 1.54) is 4.90 Å². The third-order valence-corrected chi connectivity index (χ3v) is 4.56. The molecule has 0 radical (unpaired) electrons. The molecule has 1 unspecified atom stereocenters. The lowest BCUT2D eigenvalue weighted by Crippen LogP contribution is -2.46. The van der Waals surface area contributed by atoms with Crippen LogP contribution in [0.15, 0.2) is 12.2 Å². The molecular weight excluding hydrogens is 284 g/mol. The van der Waals surface area contributed by atoms with Gasteiger partial charge in [0.25, 0.3) is 0 Å². The fraction of sp³-hybridized carbons (Fsp3) is 0.688. The van der Waals surface area contributed by atoms with Crippen LogP contribution >= 0.6 is 0 Å². The molecule has 0 aromatic heterocycles. The Hall–Kier alpha value is -1.85. The SMILES string of the molecule is CN(CC(=O)N1CCC(C(=O)O)CC1)C(=O)C1CC=CCC1. The first-order chi connectivity index (χ1) is 10.5. The number of hydrogen-bond acceptors (Lipinski definition) is 3. The van der Waals surface area contributed by atoms with Crippen molar-refractivity contribution in [1.29, 1.82) is 0 Å². The van der Waals surface area contributed by atoms with Gasteiger partial charge in [-0.2, -0.15) is 0 Å². The van der Waals surface area contributed by atoms with Crippen molar-refractivity contribution in [3.05, 3.63) is 12.2 Å². The molecule has 2 aliphatic rings. The van der Waals surface area contributed by atoms with Crippen molar-refractivity contribution < 1.29 is 19.5 Å². The highest BCUT2D eigenvalue weighted by atomic mass is 16.4. The molecule has 0 aromatic carbocycles. The van der Waals surface area contributed by atoms with Crippen molar-refractivity contribution in [3.8, 4) is 0 Å². The number of carboxylic acid groups (broad SMARTS) is 1. The summed E-state index contributed by atoms with van der Waals surface area (Å²) in [5.41, 5.74) is 0. The van der Waals surface area contributed by atoms with Crippen LogP contribution in [0, 0.1) is 11.8 Å². The van der Waals surface area contributed by atoms with Crippen molar-refractivity contribution in [1.82, 2.24) is 9.80 Å². The number of amides is 2. The van der Waals surface area contributed by atoms with Crippen LogP contribution in [0.1, 0.15) is 32.1 Å². The Morgan fingerprint density at radius 2 is 1.82 bits per heavy atom. The smallest absolute Gasteiger partial charge is 0.306 e. The molecular formula is C16H24N2O4. The molecule has 2 rings (SSSR count). The lowest BCUT2D eigenvalue weighted by atomic mass is 9.93. The van der Waals surface area contributed by atoms with Crippen molar-refractivity contribution >= 4 is 17.8 Å². The molecule has 1 aliphatic heterocycles. The molecule has 0 spiro atoms. The Morgan fingerprint density at radius 3 is 2.36 bits per heavy atom. The Balaban J connectivity index is 1.80. The predicted molar refractivity (Wildman–Crippen MR) is 81.1 cm³/mol. The number of hydrogen-bond donors (Lipinski definition) is 1. The zero-order valence-corrected chi connectivity index (χ0v) is 13.0. The highest BCUT2D eigenvalue weighted by molar-refractivity contribution is 5.86. The van der Waals surface area contributed by atoms with E-state index in [-0.39, 0.29) is 30.2 Å². The van der Waals surface area contributed by atoms with E-state index >= 15 is 0 Å². The van der Waals surface area contributed by atoms with Gasteiger partial charge in [-0.25, -0.2) is 0 Å². The van der Waals surface area contributed by atoms with Crippen molar-refractivity contribution in [3.63, 3.8) is 0 Å². The minimum absolute atomic E-state index is 0.0134. The van der Waals surface area contributed by atoms with Gasteiger partial charge in [-0.15, -0.1) is 0 Å². The molecule has 6 heteroatoms. The normalized spacial score (nSPS) is 22.4. The summed E-state index contributed by atoms with van der Waals surface area (Å²) in [4.78, 5) is 38.6. The summed E-state index contributed by atoms with van der Waals surface area (Å²) in [6.07, 6.45) is 7.61. The van der Waals surface area contributed by atoms with E-state index < -0.39 is 5.97 Å². The quantitative estimate of drug-likeness (QED) is 0.790. The Bertz CT molecular complexity index is 467. The minimum Gasteiger partial charge on any atom is -0.481 e. The summed E-state index contributed by atoms with van der Waals surface area (Å²) < 4.78 is 0. The van der Waals surface area contributed by atoms with E-state index in [0.717, 1.165) is 19.3 Å². The molecule has 1 N–H and O–H groups in total. The maximum absolute atomic E-state index is 12.3. The second kappa shape index (κ2) is 7.42. The number of likely N-dealkylation sites (N-methyl/N-ethyl adjacent to an activating group) is 1. The molecule has 1 saturated heterocycles. The third-order valence-electron chi connectivity index (χ3n) is 4.56. The maximum atomic E-state index is 12.3. The molecule has 1 atom stereocenters. The first-order valence-electron chi connectivity index (χ1n) is 7.89. The summed E-state index contributed by atoms with van der Waals surface area (Å²) in [6, 6.07) is 0. The number of piperidine rings is 1. The number of carbonyl (C=O) groups is 3. The van der Waals surface area contributed by atoms with E-state index in [4.69, 9.17) is 5.11 Å². The lowest BCUT2D eigenvalue weighted by molar-refractivity contribution is -0.147. The zero-order valence-electron chi connectivity index (χ0n) is 13.0. The molecule has 1 aliphatic carbocycles. The number of rotatable bonds is 4. The van der Waals surface area contributed by atoms with Crippen molar-refractivity contribution in [2.45, 2.75) is 32.1 Å². The number of carbonyl (C=O) groups excluding carboxylic acids is 2. The van der Waals surface area contributed by atoms with Gasteiger partial charge in [0.15, 0.2) is 0 Å². The average Bonchev–Trinajstić information content (AvgIpc) is 2.54. The van der Waals surface area contributed by atoms with E-state index in [0.29, 0.717) is 25.9 Å². The van der Waals surface area contributed by atoms with Gasteiger partial charge >= 0.3 is 5.97 Å². The Morgan fingerprint density at radius 1 is 1.14 bits per heavy atom. The van der Waals surface area contributed by atoms with Crippen LogP contribution in [0.25, 0.3) is 0 Å². The molecule has 1 fully saturated rings. The van der Waals surface area contributed by atoms with Gasteiger partial charge in [-0.1, -0.05) is 12.2 Å².